The Balaban J connectivity index is 1.56. The highest BCUT2D eigenvalue weighted by Gasteiger charge is 2.12. The molecule has 0 aliphatic carbocycles. The molecule has 3 heteroatoms. The minimum atomic E-state index is 0.185. The van der Waals surface area contributed by atoms with Gasteiger partial charge in [0.2, 0.25) is 0 Å². The van der Waals surface area contributed by atoms with E-state index in [1.54, 1.807) is 0 Å². The Bertz CT molecular complexity index is 291. The third-order valence-electron chi connectivity index (χ3n) is 3.54. The van der Waals surface area contributed by atoms with E-state index in [9.17, 15) is 0 Å². The molecule has 1 fully saturated rings. The lowest BCUT2D eigenvalue weighted by Gasteiger charge is -2.23. The number of rotatable bonds is 6. The number of aromatic amines is 1. The Kier molecular flexibility index (Phi) is 5.08. The van der Waals surface area contributed by atoms with Crippen LogP contribution in [0.3, 0.4) is 0 Å². The van der Waals surface area contributed by atoms with Gasteiger partial charge in [-0.2, -0.15) is 0 Å². The van der Waals surface area contributed by atoms with Gasteiger partial charge in [0.05, 0.1) is 6.10 Å². The Labute approximate surface area is 104 Å². The number of hydrogen-bond acceptors (Lipinski definition) is 2. The van der Waals surface area contributed by atoms with Crippen molar-refractivity contribution >= 4 is 0 Å². The minimum Gasteiger partial charge on any atom is -0.372 e. The second kappa shape index (κ2) is 6.82. The van der Waals surface area contributed by atoms with Crippen LogP contribution >= 0.6 is 0 Å². The number of aromatic nitrogens is 1. The molecule has 0 unspecified atom stereocenters. The predicted octanol–water partition coefficient (Wildman–Crippen LogP) is 3.01. The van der Waals surface area contributed by atoms with E-state index in [1.165, 1.54) is 37.9 Å². The fourth-order valence-corrected chi connectivity index (χ4v) is 2.45. The van der Waals surface area contributed by atoms with Gasteiger partial charge in [0.25, 0.3) is 0 Å². The molecule has 1 aliphatic heterocycles. The third kappa shape index (κ3) is 4.17. The molecule has 96 valence electrons. The van der Waals surface area contributed by atoms with Crippen LogP contribution in [0.2, 0.25) is 0 Å². The van der Waals surface area contributed by atoms with E-state index < -0.39 is 0 Å². The molecule has 1 aliphatic rings. The van der Waals surface area contributed by atoms with Gasteiger partial charge in [0.15, 0.2) is 0 Å². The summed E-state index contributed by atoms with van der Waals surface area (Å²) in [7, 11) is 0. The average molecular weight is 236 g/mol. The molecular weight excluding hydrogens is 212 g/mol. The number of H-pyrrole nitrogens is 1. The maximum absolute atomic E-state index is 5.82. The molecule has 0 aromatic carbocycles. The smallest absolute Gasteiger partial charge is 0.0944 e. The van der Waals surface area contributed by atoms with Crippen molar-refractivity contribution < 1.29 is 4.74 Å². The molecular formula is C14H24N2O. The molecule has 2 heterocycles. The fraction of sp³-hybridized carbons (Fsp3) is 0.714. The van der Waals surface area contributed by atoms with Gasteiger partial charge in [-0.25, -0.2) is 0 Å². The maximum Gasteiger partial charge on any atom is 0.0944 e. The second-order valence-electron chi connectivity index (χ2n) is 4.93. The summed E-state index contributed by atoms with van der Waals surface area (Å²) in [5.41, 5.74) is 1.17. The molecule has 0 spiro atoms. The minimum absolute atomic E-state index is 0.185. The average Bonchev–Trinajstić information content (AvgIpc) is 2.89. The lowest BCUT2D eigenvalue weighted by molar-refractivity contribution is 0.0587. The first-order valence-corrected chi connectivity index (χ1v) is 6.84. The first kappa shape index (κ1) is 12.7. The van der Waals surface area contributed by atoms with Gasteiger partial charge >= 0.3 is 0 Å². The lowest BCUT2D eigenvalue weighted by atomic mass is 10.0. The largest absolute Gasteiger partial charge is 0.372 e. The molecule has 0 amide bonds. The van der Waals surface area contributed by atoms with Crippen LogP contribution in [-0.4, -0.2) is 24.2 Å². The monoisotopic (exact) mass is 236 g/mol. The van der Waals surface area contributed by atoms with Crippen molar-refractivity contribution in [2.45, 2.75) is 51.2 Å². The highest BCUT2D eigenvalue weighted by Crippen LogP contribution is 2.16. The molecule has 0 radical (unpaired) electrons. The van der Waals surface area contributed by atoms with Crippen LogP contribution in [0.4, 0.5) is 0 Å². The molecule has 1 aromatic rings. The van der Waals surface area contributed by atoms with Gasteiger partial charge in [0, 0.05) is 24.5 Å². The van der Waals surface area contributed by atoms with Crippen molar-refractivity contribution in [3.05, 3.63) is 24.0 Å². The van der Waals surface area contributed by atoms with Crippen molar-refractivity contribution in [3.8, 4) is 0 Å². The van der Waals surface area contributed by atoms with Gasteiger partial charge in [0.1, 0.15) is 0 Å². The highest BCUT2D eigenvalue weighted by molar-refractivity contribution is 5.06. The number of nitrogens with one attached hydrogen (secondary N) is 2. The number of hydrogen-bond donors (Lipinski definition) is 2. The fourth-order valence-electron chi connectivity index (χ4n) is 2.45. The van der Waals surface area contributed by atoms with Crippen LogP contribution in [0, 0.1) is 0 Å². The predicted molar refractivity (Wildman–Crippen MR) is 70.0 cm³/mol. The van der Waals surface area contributed by atoms with E-state index in [0.29, 0.717) is 0 Å². The Hall–Kier alpha value is -0.800. The summed E-state index contributed by atoms with van der Waals surface area (Å²) < 4.78 is 5.82. The number of ether oxygens (including phenoxy) is 1. The van der Waals surface area contributed by atoms with E-state index in [0.717, 1.165) is 19.1 Å². The molecule has 2 atom stereocenters. The molecule has 2 rings (SSSR count). The van der Waals surface area contributed by atoms with Crippen molar-refractivity contribution in [3.63, 3.8) is 0 Å². The van der Waals surface area contributed by atoms with Crippen LogP contribution < -0.4 is 5.32 Å². The van der Waals surface area contributed by atoms with Crippen LogP contribution in [0.15, 0.2) is 18.3 Å². The highest BCUT2D eigenvalue weighted by atomic mass is 16.5. The van der Waals surface area contributed by atoms with Gasteiger partial charge < -0.3 is 15.0 Å². The van der Waals surface area contributed by atoms with Crippen molar-refractivity contribution in [2.75, 3.05) is 13.2 Å². The summed E-state index contributed by atoms with van der Waals surface area (Å²) in [4.78, 5) is 3.19. The summed E-state index contributed by atoms with van der Waals surface area (Å²) in [5.74, 6) is 0. The van der Waals surface area contributed by atoms with E-state index in [4.69, 9.17) is 4.74 Å². The molecule has 1 saturated heterocycles. The van der Waals surface area contributed by atoms with Gasteiger partial charge in [-0.3, -0.25) is 0 Å². The zero-order valence-corrected chi connectivity index (χ0v) is 10.7. The molecule has 0 saturated carbocycles. The summed E-state index contributed by atoms with van der Waals surface area (Å²) >= 11 is 0. The van der Waals surface area contributed by atoms with E-state index >= 15 is 0 Å². The van der Waals surface area contributed by atoms with Crippen molar-refractivity contribution in [1.29, 1.82) is 0 Å². The molecule has 17 heavy (non-hydrogen) atoms. The standard InChI is InChI=1S/C14H24N2O/c1-12(14-8-4-10-16-14)17-11-5-7-13-6-2-3-9-15-13/h4,8,10,12-13,15-16H,2-3,5-7,9,11H2,1H3/t12-,13-/m1/s1. The van der Waals surface area contributed by atoms with E-state index in [2.05, 4.69) is 23.3 Å². The van der Waals surface area contributed by atoms with E-state index in [-0.39, 0.29) is 6.10 Å². The molecule has 0 bridgehead atoms. The van der Waals surface area contributed by atoms with Gasteiger partial charge in [-0.05, 0) is 51.3 Å². The quantitative estimate of drug-likeness (QED) is 0.745. The third-order valence-corrected chi connectivity index (χ3v) is 3.54. The molecule has 2 N–H and O–H groups in total. The summed E-state index contributed by atoms with van der Waals surface area (Å²) in [6.07, 6.45) is 8.60. The number of piperidine rings is 1. The van der Waals surface area contributed by atoms with Crippen LogP contribution in [0.1, 0.15) is 50.8 Å². The molecule has 3 nitrogen and oxygen atoms in total. The first-order valence-electron chi connectivity index (χ1n) is 6.84. The van der Waals surface area contributed by atoms with E-state index in [1.807, 2.05) is 12.3 Å². The zero-order valence-electron chi connectivity index (χ0n) is 10.7. The van der Waals surface area contributed by atoms with Crippen LogP contribution in [0.5, 0.6) is 0 Å². The van der Waals surface area contributed by atoms with Gasteiger partial charge in [-0.15, -0.1) is 0 Å². The van der Waals surface area contributed by atoms with Crippen molar-refractivity contribution in [2.24, 2.45) is 0 Å². The van der Waals surface area contributed by atoms with Crippen LogP contribution in [0.25, 0.3) is 0 Å². The summed E-state index contributed by atoms with van der Waals surface area (Å²) in [5, 5.41) is 3.57. The van der Waals surface area contributed by atoms with Crippen molar-refractivity contribution in [1.82, 2.24) is 10.3 Å². The van der Waals surface area contributed by atoms with Gasteiger partial charge in [-0.1, -0.05) is 6.42 Å². The Morgan fingerprint density at radius 3 is 3.12 bits per heavy atom. The second-order valence-corrected chi connectivity index (χ2v) is 4.93. The maximum atomic E-state index is 5.82. The van der Waals surface area contributed by atoms with Crippen LogP contribution in [-0.2, 0) is 4.74 Å². The SMILES string of the molecule is C[C@@H](OCCC[C@H]1CCCCN1)c1ccc[nH]1. The topological polar surface area (TPSA) is 37.0 Å². The molecule has 1 aromatic heterocycles. The zero-order chi connectivity index (χ0) is 11.9. The normalized spacial score (nSPS) is 22.5. The summed E-state index contributed by atoms with van der Waals surface area (Å²) in [6, 6.07) is 4.82. The Morgan fingerprint density at radius 2 is 2.41 bits per heavy atom. The summed E-state index contributed by atoms with van der Waals surface area (Å²) in [6.45, 7) is 4.16. The lowest BCUT2D eigenvalue weighted by Crippen LogP contribution is -2.34. The first-order chi connectivity index (χ1) is 8.36. The Morgan fingerprint density at radius 1 is 1.47 bits per heavy atom.